The normalized spacial score (nSPS) is 11.3. The highest BCUT2D eigenvalue weighted by atomic mass is 127. The van der Waals surface area contributed by atoms with E-state index in [1.807, 2.05) is 6.07 Å². The van der Waals surface area contributed by atoms with Crippen LogP contribution in [0.5, 0.6) is 17.2 Å². The zero-order chi connectivity index (χ0) is 27.2. The molecule has 4 aromatic rings. The Labute approximate surface area is 248 Å². The van der Waals surface area contributed by atoms with Crippen molar-refractivity contribution in [2.75, 3.05) is 14.2 Å². The lowest BCUT2D eigenvalue weighted by Crippen LogP contribution is -2.03. The Morgan fingerprint density at radius 1 is 1.08 bits per heavy atom. The first kappa shape index (κ1) is 28.2. The van der Waals surface area contributed by atoms with E-state index in [-0.39, 0.29) is 28.4 Å². The van der Waals surface area contributed by atoms with Gasteiger partial charge in [-0.1, -0.05) is 18.2 Å². The Balaban J connectivity index is 1.63. The molecular weight excluding hydrogens is 741 g/mol. The van der Waals surface area contributed by atoms with Crippen LogP contribution in [0.2, 0.25) is 0 Å². The number of benzene rings is 3. The van der Waals surface area contributed by atoms with Crippen LogP contribution in [0, 0.1) is 13.0 Å². The lowest BCUT2D eigenvalue weighted by atomic mass is 10.2. The number of aromatic nitrogens is 2. The quantitative estimate of drug-likeness (QED) is 0.105. The van der Waals surface area contributed by atoms with Gasteiger partial charge in [0.1, 0.15) is 34.6 Å². The maximum atomic E-state index is 14.1. The molecule has 0 fully saturated rings. The standard InChI is InChI=1S/C26H19FI2N2O6S/c1-34-18-8-16(9-19(12-18)35-2)24-30-31-26(37-24)38-22(25(32)33)10-15-7-17(28)11-21(29)23(15)36-13-14-5-3-4-6-20(14)27/h3-12H,13H2,1-2H3,(H,32,33)/b22-10-. The summed E-state index contributed by atoms with van der Waals surface area (Å²) >= 11 is 5.04. The van der Waals surface area contributed by atoms with Gasteiger partial charge < -0.3 is 23.7 Å². The van der Waals surface area contributed by atoms with E-state index in [1.54, 1.807) is 42.5 Å². The first-order valence-corrected chi connectivity index (χ1v) is 13.8. The third-order valence-corrected chi connectivity index (χ3v) is 7.34. The van der Waals surface area contributed by atoms with Crippen LogP contribution in [0.15, 0.2) is 69.1 Å². The molecule has 0 aliphatic heterocycles. The number of nitrogens with zero attached hydrogens (tertiary/aromatic N) is 2. The summed E-state index contributed by atoms with van der Waals surface area (Å²) in [6.45, 7) is -0.0172. The fourth-order valence-electron chi connectivity index (χ4n) is 3.27. The second-order valence-electron chi connectivity index (χ2n) is 7.58. The molecule has 0 aliphatic rings. The molecule has 12 heteroatoms. The molecular formula is C26H19FI2N2O6S. The Morgan fingerprint density at radius 3 is 2.45 bits per heavy atom. The average molecular weight is 760 g/mol. The van der Waals surface area contributed by atoms with Crippen LogP contribution in [-0.2, 0) is 11.4 Å². The summed E-state index contributed by atoms with van der Waals surface area (Å²) in [4.78, 5) is 12.1. The van der Waals surface area contributed by atoms with Gasteiger partial charge >= 0.3 is 5.97 Å². The number of rotatable bonds is 10. The highest BCUT2D eigenvalue weighted by molar-refractivity contribution is 14.1. The largest absolute Gasteiger partial charge is 0.497 e. The number of carbonyl (C=O) groups is 1. The van der Waals surface area contributed by atoms with Gasteiger partial charge in [0.05, 0.1) is 17.8 Å². The smallest absolute Gasteiger partial charge is 0.342 e. The molecule has 0 saturated heterocycles. The predicted octanol–water partition coefficient (Wildman–Crippen LogP) is 6.90. The van der Waals surface area contributed by atoms with Gasteiger partial charge in [0.25, 0.3) is 5.22 Å². The van der Waals surface area contributed by atoms with Crippen LogP contribution >= 0.6 is 56.9 Å². The van der Waals surface area contributed by atoms with Gasteiger partial charge in [-0.05, 0) is 93.4 Å². The summed E-state index contributed by atoms with van der Waals surface area (Å²) in [5.41, 5.74) is 1.45. The summed E-state index contributed by atoms with van der Waals surface area (Å²) in [6, 6.07) is 15.1. The van der Waals surface area contributed by atoms with Crippen LogP contribution in [0.4, 0.5) is 4.39 Å². The van der Waals surface area contributed by atoms with Crippen molar-refractivity contribution in [1.29, 1.82) is 0 Å². The molecule has 1 heterocycles. The number of ether oxygens (including phenoxy) is 3. The summed E-state index contributed by atoms with van der Waals surface area (Å²) in [7, 11) is 3.05. The molecule has 0 radical (unpaired) electrons. The lowest BCUT2D eigenvalue weighted by Gasteiger charge is -2.13. The van der Waals surface area contributed by atoms with E-state index in [1.165, 1.54) is 26.4 Å². The van der Waals surface area contributed by atoms with Crippen LogP contribution in [0.25, 0.3) is 17.5 Å². The van der Waals surface area contributed by atoms with E-state index in [2.05, 4.69) is 55.4 Å². The highest BCUT2D eigenvalue weighted by Crippen LogP contribution is 2.36. The predicted molar refractivity (Wildman–Crippen MR) is 157 cm³/mol. The minimum atomic E-state index is -1.19. The molecule has 0 saturated carbocycles. The van der Waals surface area contributed by atoms with E-state index >= 15 is 0 Å². The summed E-state index contributed by atoms with van der Waals surface area (Å²) < 4.78 is 38.0. The van der Waals surface area contributed by atoms with Crippen molar-refractivity contribution in [2.45, 2.75) is 11.8 Å². The first-order valence-electron chi connectivity index (χ1n) is 10.8. The van der Waals surface area contributed by atoms with E-state index in [0.717, 1.165) is 18.9 Å². The Hall–Kier alpha value is -2.85. The van der Waals surface area contributed by atoms with Crippen LogP contribution in [0.3, 0.4) is 0 Å². The maximum Gasteiger partial charge on any atom is 0.342 e. The van der Waals surface area contributed by atoms with Crippen molar-refractivity contribution in [3.63, 3.8) is 0 Å². The Kier molecular flexibility index (Phi) is 9.49. The molecule has 0 spiro atoms. The number of aliphatic carboxylic acids is 1. The van der Waals surface area contributed by atoms with Gasteiger partial charge in [-0.25, -0.2) is 9.18 Å². The minimum Gasteiger partial charge on any atom is -0.497 e. The summed E-state index contributed by atoms with van der Waals surface area (Å²) in [5.74, 6) is 0.109. The van der Waals surface area contributed by atoms with Crippen molar-refractivity contribution in [3.8, 4) is 28.7 Å². The van der Waals surface area contributed by atoms with Crippen LogP contribution in [0.1, 0.15) is 11.1 Å². The molecule has 3 aromatic carbocycles. The number of carboxylic acid groups (broad SMARTS) is 1. The third-order valence-electron chi connectivity index (χ3n) is 5.07. The number of hydrogen-bond donors (Lipinski definition) is 1. The number of thioether (sulfide) groups is 1. The molecule has 1 N–H and O–H groups in total. The second kappa shape index (κ2) is 12.8. The summed E-state index contributed by atoms with van der Waals surface area (Å²) in [5, 5.41) is 18.0. The van der Waals surface area contributed by atoms with E-state index in [4.69, 9.17) is 18.6 Å². The van der Waals surface area contributed by atoms with Crippen molar-refractivity contribution in [1.82, 2.24) is 10.2 Å². The van der Waals surface area contributed by atoms with Gasteiger partial charge in [-0.2, -0.15) is 0 Å². The average Bonchev–Trinajstić information content (AvgIpc) is 3.37. The van der Waals surface area contributed by atoms with Crippen LogP contribution in [-0.4, -0.2) is 35.5 Å². The van der Waals surface area contributed by atoms with E-state index in [0.29, 0.717) is 33.9 Å². The number of methoxy groups -OCH3 is 2. The van der Waals surface area contributed by atoms with Gasteiger partial charge in [-0.3, -0.25) is 0 Å². The van der Waals surface area contributed by atoms with Crippen molar-refractivity contribution in [3.05, 3.63) is 83.6 Å². The molecule has 0 unspecified atom stereocenters. The second-order valence-corrected chi connectivity index (χ2v) is 11.0. The SMILES string of the molecule is COc1cc(OC)cc(-c2nnc(S/C(=C\c3cc(I)cc(I)c3OCc3ccccc3F)C(=O)O)o2)c1. The third kappa shape index (κ3) is 6.96. The van der Waals surface area contributed by atoms with Gasteiger partial charge in [0.15, 0.2) is 0 Å². The molecule has 0 aliphatic carbocycles. The van der Waals surface area contributed by atoms with Crippen molar-refractivity contribution >= 4 is 69.0 Å². The van der Waals surface area contributed by atoms with E-state index in [9.17, 15) is 14.3 Å². The fraction of sp³-hybridized carbons (Fsp3) is 0.115. The fourth-order valence-corrected chi connectivity index (χ4v) is 5.98. The molecule has 0 atom stereocenters. The Bertz CT molecular complexity index is 1490. The number of hydrogen-bond acceptors (Lipinski definition) is 8. The topological polar surface area (TPSA) is 104 Å². The zero-order valence-electron chi connectivity index (χ0n) is 19.9. The maximum absolute atomic E-state index is 14.1. The molecule has 0 bridgehead atoms. The minimum absolute atomic E-state index is 0.0172. The number of carboxylic acids is 1. The molecule has 8 nitrogen and oxygen atoms in total. The van der Waals surface area contributed by atoms with Crippen molar-refractivity contribution in [2.24, 2.45) is 0 Å². The molecule has 196 valence electrons. The monoisotopic (exact) mass is 760 g/mol. The lowest BCUT2D eigenvalue weighted by molar-refractivity contribution is -0.131. The molecule has 0 amide bonds. The van der Waals surface area contributed by atoms with E-state index < -0.39 is 5.97 Å². The Morgan fingerprint density at radius 2 is 1.79 bits per heavy atom. The molecule has 38 heavy (non-hydrogen) atoms. The number of halogens is 3. The highest BCUT2D eigenvalue weighted by Gasteiger charge is 2.19. The van der Waals surface area contributed by atoms with Crippen LogP contribution < -0.4 is 14.2 Å². The summed E-state index contributed by atoms with van der Waals surface area (Å²) in [6.07, 6.45) is 1.46. The molecule has 4 rings (SSSR count). The van der Waals surface area contributed by atoms with Gasteiger partial charge in [-0.15, -0.1) is 10.2 Å². The molecule has 1 aromatic heterocycles. The zero-order valence-corrected chi connectivity index (χ0v) is 25.0. The van der Waals surface area contributed by atoms with Gasteiger partial charge in [0.2, 0.25) is 5.89 Å². The van der Waals surface area contributed by atoms with Crippen molar-refractivity contribution < 1.29 is 32.9 Å². The van der Waals surface area contributed by atoms with Gasteiger partial charge in [0, 0.05) is 26.3 Å². The first-order chi connectivity index (χ1) is 18.3.